The number of carbonyl (C=O) groups excluding carboxylic acids is 1. The molecule has 0 aliphatic heterocycles. The Morgan fingerprint density at radius 2 is 1.92 bits per heavy atom. The van der Waals surface area contributed by atoms with Crippen LogP contribution in [0.3, 0.4) is 0 Å². The molecule has 4 nitrogen and oxygen atoms in total. The predicted octanol–water partition coefficient (Wildman–Crippen LogP) is 5.21. The lowest BCUT2D eigenvalue weighted by Crippen LogP contribution is -2.12. The SMILES string of the molecule is Cc1ccc(F)c(NC(=O)c2ccc(COc3ccc(Cl)cc3)o2)c1. The third-order valence-electron chi connectivity index (χ3n) is 3.45. The van der Waals surface area contributed by atoms with Crippen LogP contribution in [-0.4, -0.2) is 5.91 Å². The molecule has 1 heterocycles. The zero-order valence-electron chi connectivity index (χ0n) is 13.4. The number of benzene rings is 2. The van der Waals surface area contributed by atoms with Crippen molar-refractivity contribution in [3.05, 3.63) is 82.5 Å². The van der Waals surface area contributed by atoms with Crippen LogP contribution in [0.2, 0.25) is 5.02 Å². The van der Waals surface area contributed by atoms with E-state index in [9.17, 15) is 9.18 Å². The molecule has 6 heteroatoms. The molecule has 3 rings (SSSR count). The van der Waals surface area contributed by atoms with Crippen LogP contribution in [-0.2, 0) is 6.61 Å². The van der Waals surface area contributed by atoms with Gasteiger partial charge in [-0.1, -0.05) is 17.7 Å². The van der Waals surface area contributed by atoms with Gasteiger partial charge >= 0.3 is 0 Å². The summed E-state index contributed by atoms with van der Waals surface area (Å²) in [5.41, 5.74) is 0.952. The molecule has 25 heavy (non-hydrogen) atoms. The summed E-state index contributed by atoms with van der Waals surface area (Å²) in [5, 5.41) is 3.12. The van der Waals surface area contributed by atoms with E-state index >= 15 is 0 Å². The number of ether oxygens (including phenoxy) is 1. The summed E-state index contributed by atoms with van der Waals surface area (Å²) in [6.07, 6.45) is 0. The van der Waals surface area contributed by atoms with Gasteiger partial charge in [-0.25, -0.2) is 4.39 Å². The molecule has 0 radical (unpaired) electrons. The van der Waals surface area contributed by atoms with Crippen molar-refractivity contribution in [2.75, 3.05) is 5.32 Å². The molecule has 2 aromatic carbocycles. The molecule has 0 atom stereocenters. The van der Waals surface area contributed by atoms with E-state index in [1.54, 1.807) is 42.5 Å². The van der Waals surface area contributed by atoms with E-state index in [4.69, 9.17) is 20.8 Å². The maximum Gasteiger partial charge on any atom is 0.291 e. The van der Waals surface area contributed by atoms with Crippen molar-refractivity contribution in [3.63, 3.8) is 0 Å². The molecule has 1 aromatic heterocycles. The van der Waals surface area contributed by atoms with Gasteiger partial charge in [0.1, 0.15) is 23.9 Å². The average molecular weight is 360 g/mol. The van der Waals surface area contributed by atoms with Crippen LogP contribution in [0.1, 0.15) is 21.9 Å². The fourth-order valence-corrected chi connectivity index (χ4v) is 2.31. The second-order valence-corrected chi connectivity index (χ2v) is 5.88. The lowest BCUT2D eigenvalue weighted by molar-refractivity contribution is 0.0992. The number of amides is 1. The third kappa shape index (κ3) is 4.39. The maximum absolute atomic E-state index is 13.7. The van der Waals surface area contributed by atoms with Crippen LogP contribution in [0.15, 0.2) is 59.0 Å². The molecule has 0 fully saturated rings. The standard InChI is InChI=1S/C19H15ClFNO3/c1-12-2-8-16(21)17(10-12)22-19(23)18-9-7-15(25-18)11-24-14-5-3-13(20)4-6-14/h2-10H,11H2,1H3,(H,22,23). The van der Waals surface area contributed by atoms with Crippen molar-refractivity contribution in [2.24, 2.45) is 0 Å². The first-order valence-corrected chi connectivity index (χ1v) is 7.93. The summed E-state index contributed by atoms with van der Waals surface area (Å²) >= 11 is 5.81. The van der Waals surface area contributed by atoms with Crippen molar-refractivity contribution in [1.82, 2.24) is 0 Å². The predicted molar refractivity (Wildman–Crippen MR) is 93.6 cm³/mol. The summed E-state index contributed by atoms with van der Waals surface area (Å²) in [6, 6.07) is 14.5. The van der Waals surface area contributed by atoms with E-state index in [2.05, 4.69) is 5.32 Å². The zero-order valence-corrected chi connectivity index (χ0v) is 14.1. The quantitative estimate of drug-likeness (QED) is 0.680. The van der Waals surface area contributed by atoms with Gasteiger partial charge in [-0.3, -0.25) is 4.79 Å². The minimum Gasteiger partial charge on any atom is -0.486 e. The summed E-state index contributed by atoms with van der Waals surface area (Å²) in [7, 11) is 0. The molecular formula is C19H15ClFNO3. The van der Waals surface area contributed by atoms with E-state index in [1.807, 2.05) is 6.92 Å². The highest BCUT2D eigenvalue weighted by molar-refractivity contribution is 6.30. The van der Waals surface area contributed by atoms with Crippen LogP contribution in [0, 0.1) is 12.7 Å². The molecule has 0 unspecified atom stereocenters. The summed E-state index contributed by atoms with van der Waals surface area (Å²) in [6.45, 7) is 1.97. The molecular weight excluding hydrogens is 345 g/mol. The molecule has 0 bridgehead atoms. The van der Waals surface area contributed by atoms with Crippen molar-refractivity contribution in [1.29, 1.82) is 0 Å². The largest absolute Gasteiger partial charge is 0.486 e. The number of anilines is 1. The number of nitrogens with one attached hydrogen (secondary N) is 1. The number of hydrogen-bond donors (Lipinski definition) is 1. The van der Waals surface area contributed by atoms with Gasteiger partial charge in [0.15, 0.2) is 5.76 Å². The molecule has 1 N–H and O–H groups in total. The Kier molecular flexibility index (Phi) is 5.05. The number of carbonyl (C=O) groups is 1. The first kappa shape index (κ1) is 17.0. The maximum atomic E-state index is 13.7. The minimum absolute atomic E-state index is 0.0793. The van der Waals surface area contributed by atoms with E-state index in [0.29, 0.717) is 16.5 Å². The van der Waals surface area contributed by atoms with Gasteiger partial charge in [0, 0.05) is 5.02 Å². The van der Waals surface area contributed by atoms with Gasteiger partial charge in [0.25, 0.3) is 5.91 Å². The third-order valence-corrected chi connectivity index (χ3v) is 3.70. The van der Waals surface area contributed by atoms with Crippen molar-refractivity contribution < 1.29 is 18.3 Å². The fraction of sp³-hybridized carbons (Fsp3) is 0.105. The second-order valence-electron chi connectivity index (χ2n) is 5.45. The number of hydrogen-bond acceptors (Lipinski definition) is 3. The monoisotopic (exact) mass is 359 g/mol. The van der Waals surface area contributed by atoms with Crippen LogP contribution >= 0.6 is 11.6 Å². The first-order chi connectivity index (χ1) is 12.0. The molecule has 0 aliphatic carbocycles. The average Bonchev–Trinajstić information content (AvgIpc) is 3.07. The Balaban J connectivity index is 1.63. The van der Waals surface area contributed by atoms with Gasteiger partial charge < -0.3 is 14.5 Å². The van der Waals surface area contributed by atoms with Crippen molar-refractivity contribution in [3.8, 4) is 5.75 Å². The number of halogens is 2. The second kappa shape index (κ2) is 7.40. The Bertz CT molecular complexity index is 890. The molecule has 1 amide bonds. The molecule has 0 spiro atoms. The smallest absolute Gasteiger partial charge is 0.291 e. The van der Waals surface area contributed by atoms with Crippen LogP contribution in [0.25, 0.3) is 0 Å². The zero-order chi connectivity index (χ0) is 17.8. The van der Waals surface area contributed by atoms with Gasteiger partial charge in [-0.05, 0) is 61.0 Å². The van der Waals surface area contributed by atoms with Gasteiger partial charge in [0.2, 0.25) is 0 Å². The summed E-state index contributed by atoms with van der Waals surface area (Å²) < 4.78 is 24.7. The van der Waals surface area contributed by atoms with E-state index < -0.39 is 11.7 Å². The van der Waals surface area contributed by atoms with E-state index in [-0.39, 0.29) is 18.1 Å². The van der Waals surface area contributed by atoms with Crippen molar-refractivity contribution >= 4 is 23.2 Å². The topological polar surface area (TPSA) is 51.5 Å². The van der Waals surface area contributed by atoms with E-state index in [1.165, 1.54) is 12.1 Å². The molecule has 0 saturated heterocycles. The summed E-state index contributed by atoms with van der Waals surface area (Å²) in [4.78, 5) is 12.2. The van der Waals surface area contributed by atoms with Gasteiger partial charge in [-0.2, -0.15) is 0 Å². The Morgan fingerprint density at radius 1 is 1.16 bits per heavy atom. The lowest BCUT2D eigenvalue weighted by Gasteiger charge is -2.06. The Morgan fingerprint density at radius 3 is 2.68 bits per heavy atom. The van der Waals surface area contributed by atoms with Crippen molar-refractivity contribution in [2.45, 2.75) is 13.5 Å². The molecule has 0 saturated carbocycles. The number of rotatable bonds is 5. The van der Waals surface area contributed by atoms with Crippen LogP contribution < -0.4 is 10.1 Å². The highest BCUT2D eigenvalue weighted by atomic mass is 35.5. The normalized spacial score (nSPS) is 10.5. The fourth-order valence-electron chi connectivity index (χ4n) is 2.18. The highest BCUT2D eigenvalue weighted by Crippen LogP contribution is 2.19. The molecule has 3 aromatic rings. The molecule has 0 aliphatic rings. The number of furan rings is 1. The lowest BCUT2D eigenvalue weighted by atomic mass is 10.2. The minimum atomic E-state index is -0.526. The number of aryl methyl sites for hydroxylation is 1. The van der Waals surface area contributed by atoms with Crippen LogP contribution in [0.4, 0.5) is 10.1 Å². The molecule has 128 valence electrons. The Hall–Kier alpha value is -2.79. The Labute approximate surface area is 149 Å². The van der Waals surface area contributed by atoms with Crippen LogP contribution in [0.5, 0.6) is 5.75 Å². The van der Waals surface area contributed by atoms with E-state index in [0.717, 1.165) is 5.56 Å². The van der Waals surface area contributed by atoms with Gasteiger partial charge in [0.05, 0.1) is 5.69 Å². The highest BCUT2D eigenvalue weighted by Gasteiger charge is 2.14. The summed E-state index contributed by atoms with van der Waals surface area (Å²) in [5.74, 6) is 0.160. The first-order valence-electron chi connectivity index (χ1n) is 7.56. The van der Waals surface area contributed by atoms with Gasteiger partial charge in [-0.15, -0.1) is 0 Å².